The highest BCUT2D eigenvalue weighted by molar-refractivity contribution is 5.76. The van der Waals surface area contributed by atoms with Gasteiger partial charge in [0.2, 0.25) is 5.91 Å². The second-order valence-corrected chi connectivity index (χ2v) is 24.6. The second kappa shape index (κ2) is 57.1. The molecular formula is C73H129NO13. The summed E-state index contributed by atoms with van der Waals surface area (Å²) in [7, 11) is 0. The Hall–Kier alpha value is -2.83. The van der Waals surface area contributed by atoms with Gasteiger partial charge in [0, 0.05) is 6.42 Å². The van der Waals surface area contributed by atoms with Crippen LogP contribution in [0.5, 0.6) is 0 Å². The van der Waals surface area contributed by atoms with Crippen molar-refractivity contribution in [3.8, 4) is 0 Å². The van der Waals surface area contributed by atoms with Crippen molar-refractivity contribution < 1.29 is 64.6 Å². The molecule has 0 aromatic heterocycles. The van der Waals surface area contributed by atoms with E-state index in [-0.39, 0.29) is 12.5 Å². The zero-order valence-electron chi connectivity index (χ0n) is 54.7. The van der Waals surface area contributed by atoms with Crippen molar-refractivity contribution in [2.75, 3.05) is 19.8 Å². The monoisotopic (exact) mass is 1230 g/mol. The molecule has 14 heteroatoms. The van der Waals surface area contributed by atoms with Crippen molar-refractivity contribution in [1.29, 1.82) is 0 Å². The maximum atomic E-state index is 13.3. The van der Waals surface area contributed by atoms with Crippen molar-refractivity contribution in [2.45, 2.75) is 351 Å². The molecule has 504 valence electrons. The number of hydrogen-bond donors (Lipinski definition) is 9. The standard InChI is InChI=1S/C73H129NO13/c1-3-5-7-9-11-13-15-17-19-21-22-23-24-25-26-27-28-29-30-31-32-33-34-35-36-37-38-39-40-41-43-45-47-49-51-53-55-57-65(78)74-61(62(77)56-54-52-50-48-46-44-42-20-18-16-14-12-10-8-6-4-2)60-84-72-70(83)68(81)71(64(59-76)86-72)87-73-69(82)67(80)66(79)63(58-75)85-73/h5,7,11,13,17,19,22-23,25-26,28-29,31-32,61-64,66-73,75-77,79-83H,3-4,6,8-10,12,14-16,18,20-21,24,27,30,33-60H2,1-2H3,(H,74,78)/b7-5-,13-11-,19-17-,23-22-,26-25-,29-28-,32-31-. The molecule has 9 N–H and O–H groups in total. The number of carbonyl (C=O) groups is 1. The number of unbranched alkanes of at least 4 members (excludes halogenated alkanes) is 30. The first-order chi connectivity index (χ1) is 42.6. The predicted molar refractivity (Wildman–Crippen MR) is 355 cm³/mol. The molecule has 1 amide bonds. The van der Waals surface area contributed by atoms with E-state index < -0.39 is 86.8 Å². The molecule has 12 unspecified atom stereocenters. The third-order valence-electron chi connectivity index (χ3n) is 16.9. The summed E-state index contributed by atoms with van der Waals surface area (Å²) in [5.41, 5.74) is 0. The number of carbonyl (C=O) groups excluding carboxylic acids is 1. The van der Waals surface area contributed by atoms with E-state index in [0.717, 1.165) is 96.3 Å². The zero-order chi connectivity index (χ0) is 63.1. The van der Waals surface area contributed by atoms with Crippen LogP contribution in [0.3, 0.4) is 0 Å². The van der Waals surface area contributed by atoms with Gasteiger partial charge in [0.15, 0.2) is 12.6 Å². The van der Waals surface area contributed by atoms with E-state index in [9.17, 15) is 45.6 Å². The van der Waals surface area contributed by atoms with Crippen LogP contribution in [0.25, 0.3) is 0 Å². The van der Waals surface area contributed by atoms with Crippen molar-refractivity contribution in [3.63, 3.8) is 0 Å². The van der Waals surface area contributed by atoms with Crippen LogP contribution in [0.4, 0.5) is 0 Å². The Balaban J connectivity index is 1.61. The maximum absolute atomic E-state index is 13.3. The summed E-state index contributed by atoms with van der Waals surface area (Å²) < 4.78 is 22.9. The zero-order valence-corrected chi connectivity index (χ0v) is 54.7. The van der Waals surface area contributed by atoms with Gasteiger partial charge in [0.05, 0.1) is 32.0 Å². The van der Waals surface area contributed by atoms with Gasteiger partial charge in [-0.05, 0) is 70.6 Å². The fraction of sp³-hybridized carbons (Fsp3) is 0.795. The molecule has 0 aliphatic carbocycles. The van der Waals surface area contributed by atoms with E-state index in [1.165, 1.54) is 154 Å². The summed E-state index contributed by atoms with van der Waals surface area (Å²) >= 11 is 0. The predicted octanol–water partition coefficient (Wildman–Crippen LogP) is 14.4. The van der Waals surface area contributed by atoms with Crippen LogP contribution in [-0.4, -0.2) is 140 Å². The molecule has 0 spiro atoms. The van der Waals surface area contributed by atoms with Crippen molar-refractivity contribution in [1.82, 2.24) is 5.32 Å². The fourth-order valence-corrected chi connectivity index (χ4v) is 11.3. The molecule has 12 atom stereocenters. The highest BCUT2D eigenvalue weighted by Gasteiger charge is 2.51. The number of nitrogens with one attached hydrogen (secondary N) is 1. The maximum Gasteiger partial charge on any atom is 0.220 e. The van der Waals surface area contributed by atoms with Crippen molar-refractivity contribution in [3.05, 3.63) is 85.1 Å². The minimum absolute atomic E-state index is 0.207. The van der Waals surface area contributed by atoms with E-state index in [0.29, 0.717) is 12.8 Å². The summed E-state index contributed by atoms with van der Waals surface area (Å²) in [6.07, 6.45) is 61.7. The highest BCUT2D eigenvalue weighted by atomic mass is 16.7. The summed E-state index contributed by atoms with van der Waals surface area (Å²) in [5, 5.41) is 87.5. The van der Waals surface area contributed by atoms with Gasteiger partial charge < -0.3 is 65.1 Å². The molecule has 2 aliphatic heterocycles. The Bertz CT molecular complexity index is 1780. The number of ether oxygens (including phenoxy) is 4. The average Bonchev–Trinajstić information content (AvgIpc) is 2.36. The number of hydrogen-bond acceptors (Lipinski definition) is 13. The number of amides is 1. The molecule has 0 bridgehead atoms. The minimum atomic E-state index is -1.78. The average molecular weight is 1230 g/mol. The van der Waals surface area contributed by atoms with Crippen molar-refractivity contribution >= 4 is 5.91 Å². The molecule has 2 fully saturated rings. The van der Waals surface area contributed by atoms with E-state index >= 15 is 0 Å². The van der Waals surface area contributed by atoms with Crippen LogP contribution in [-0.2, 0) is 23.7 Å². The molecule has 0 aromatic rings. The molecule has 2 heterocycles. The SMILES string of the molecule is CC/C=C\C/C=C\C/C=C\C/C=C\C/C=C\C/C=C\C/C=C\CCCCCCCCCCCCCCCCCC(=O)NC(COC1OC(CO)C(OC2OC(CO)C(O)C(O)C2O)C(O)C1O)C(O)CCCCCCCCCCCCCCCCCC. The van der Waals surface area contributed by atoms with Gasteiger partial charge in [0.25, 0.3) is 0 Å². The number of aliphatic hydroxyl groups is 8. The van der Waals surface area contributed by atoms with Crippen LogP contribution in [0.2, 0.25) is 0 Å². The molecule has 0 aromatic carbocycles. The van der Waals surface area contributed by atoms with Crippen LogP contribution in [0, 0.1) is 0 Å². The molecule has 87 heavy (non-hydrogen) atoms. The molecule has 2 aliphatic rings. The summed E-state index contributed by atoms with van der Waals surface area (Å²) in [6.45, 7) is 2.77. The van der Waals surface area contributed by atoms with Gasteiger partial charge in [-0.15, -0.1) is 0 Å². The van der Waals surface area contributed by atoms with E-state index in [4.69, 9.17) is 18.9 Å². The van der Waals surface area contributed by atoms with Gasteiger partial charge in [0.1, 0.15) is 48.8 Å². The largest absolute Gasteiger partial charge is 0.394 e. The normalized spacial score (nSPS) is 23.8. The fourth-order valence-electron chi connectivity index (χ4n) is 11.3. The van der Waals surface area contributed by atoms with Crippen LogP contribution >= 0.6 is 0 Å². The van der Waals surface area contributed by atoms with E-state index in [1.54, 1.807) is 0 Å². The van der Waals surface area contributed by atoms with Crippen molar-refractivity contribution in [2.24, 2.45) is 0 Å². The lowest BCUT2D eigenvalue weighted by atomic mass is 9.97. The molecule has 14 nitrogen and oxygen atoms in total. The Morgan fingerprint density at radius 3 is 1.22 bits per heavy atom. The molecular weight excluding hydrogens is 1100 g/mol. The topological polar surface area (TPSA) is 228 Å². The number of aliphatic hydroxyl groups excluding tert-OH is 8. The molecule has 0 saturated carbocycles. The minimum Gasteiger partial charge on any atom is -0.394 e. The Labute approximate surface area is 529 Å². The highest BCUT2D eigenvalue weighted by Crippen LogP contribution is 2.30. The number of rotatable bonds is 57. The first kappa shape index (κ1) is 80.3. The van der Waals surface area contributed by atoms with Gasteiger partial charge in [-0.2, -0.15) is 0 Å². The second-order valence-electron chi connectivity index (χ2n) is 24.6. The summed E-state index contributed by atoms with van der Waals surface area (Å²) in [6, 6.07) is -0.832. The van der Waals surface area contributed by atoms with Gasteiger partial charge >= 0.3 is 0 Å². The van der Waals surface area contributed by atoms with Crippen LogP contribution in [0.1, 0.15) is 277 Å². The smallest absolute Gasteiger partial charge is 0.220 e. The first-order valence-corrected chi connectivity index (χ1v) is 35.3. The Morgan fingerprint density at radius 2 is 0.793 bits per heavy atom. The van der Waals surface area contributed by atoms with Gasteiger partial charge in [-0.25, -0.2) is 0 Å². The lowest BCUT2D eigenvalue weighted by molar-refractivity contribution is -0.359. The van der Waals surface area contributed by atoms with E-state index in [2.05, 4.69) is 104 Å². The summed E-state index contributed by atoms with van der Waals surface area (Å²) in [4.78, 5) is 13.3. The Kier molecular flexibility index (Phi) is 52.7. The quantitative estimate of drug-likeness (QED) is 0.0204. The van der Waals surface area contributed by atoms with Crippen LogP contribution < -0.4 is 5.32 Å². The lowest BCUT2D eigenvalue weighted by Crippen LogP contribution is -2.65. The first-order valence-electron chi connectivity index (χ1n) is 35.3. The summed E-state index contributed by atoms with van der Waals surface area (Å²) in [5.74, 6) is -0.207. The molecule has 2 saturated heterocycles. The number of allylic oxidation sites excluding steroid dienone is 14. The Morgan fingerprint density at radius 1 is 0.425 bits per heavy atom. The third kappa shape index (κ3) is 41.3. The van der Waals surface area contributed by atoms with Gasteiger partial charge in [-0.3, -0.25) is 4.79 Å². The lowest BCUT2D eigenvalue weighted by Gasteiger charge is -2.46. The van der Waals surface area contributed by atoms with Gasteiger partial charge in [-0.1, -0.05) is 285 Å². The molecule has 2 rings (SSSR count). The molecule has 0 radical (unpaired) electrons. The third-order valence-corrected chi connectivity index (χ3v) is 16.9. The van der Waals surface area contributed by atoms with Crippen LogP contribution in [0.15, 0.2) is 85.1 Å². The van der Waals surface area contributed by atoms with E-state index in [1.807, 2.05) is 0 Å².